The van der Waals surface area contributed by atoms with E-state index in [1.54, 1.807) is 7.05 Å². The minimum Gasteiger partial charge on any atom is -0.507 e. The third-order valence-corrected chi connectivity index (χ3v) is 6.84. The second kappa shape index (κ2) is 10.4. The molecule has 1 aliphatic carbocycles. The normalized spacial score (nSPS) is 20.9. The summed E-state index contributed by atoms with van der Waals surface area (Å²) in [5, 5.41) is 16.4. The van der Waals surface area contributed by atoms with E-state index in [0.29, 0.717) is 12.3 Å². The molecule has 3 N–H and O–H groups in total. The fraction of sp³-hybridized carbons (Fsp3) is 0.615. The smallest absolute Gasteiger partial charge is 0.220 e. The highest BCUT2D eigenvalue weighted by molar-refractivity contribution is 5.83. The first kappa shape index (κ1) is 24.1. The topological polar surface area (TPSA) is 87.7 Å². The number of unbranched alkanes of at least 4 members (excludes halogenated alkanes) is 2. The Kier molecular flexibility index (Phi) is 7.86. The maximum absolute atomic E-state index is 12.1. The zero-order valence-electron chi connectivity index (χ0n) is 19.9. The van der Waals surface area contributed by atoms with Crippen LogP contribution in [-0.2, 0) is 16.0 Å². The molecule has 0 saturated carbocycles. The van der Waals surface area contributed by atoms with E-state index < -0.39 is 0 Å². The number of hydrogen-bond acceptors (Lipinski definition) is 4. The Bertz CT molecular complexity index is 875. The van der Waals surface area contributed by atoms with E-state index in [0.717, 1.165) is 48.1 Å². The Hall–Kier alpha value is -2.50. The van der Waals surface area contributed by atoms with E-state index in [2.05, 4.69) is 43.5 Å². The Morgan fingerprint density at radius 3 is 2.66 bits per heavy atom. The number of phenolic OH excluding ortho intramolecular Hbond substituents is 1. The summed E-state index contributed by atoms with van der Waals surface area (Å²) in [6.45, 7) is 6.93. The van der Waals surface area contributed by atoms with Crippen molar-refractivity contribution in [1.29, 1.82) is 0 Å². The van der Waals surface area contributed by atoms with E-state index in [9.17, 15) is 14.7 Å². The van der Waals surface area contributed by atoms with Gasteiger partial charge < -0.3 is 20.5 Å². The zero-order chi connectivity index (χ0) is 23.3. The fourth-order valence-electron chi connectivity index (χ4n) is 5.01. The number of ether oxygens (including phenoxy) is 1. The Morgan fingerprint density at radius 1 is 1.19 bits per heavy atom. The van der Waals surface area contributed by atoms with E-state index in [1.807, 2.05) is 6.07 Å². The van der Waals surface area contributed by atoms with Gasteiger partial charge in [0.2, 0.25) is 11.8 Å². The molecule has 2 atom stereocenters. The number of carbonyl (C=O) groups excluding carboxylic acids is 2. The van der Waals surface area contributed by atoms with Gasteiger partial charge in [-0.3, -0.25) is 9.59 Å². The second-order valence-corrected chi connectivity index (χ2v) is 9.64. The van der Waals surface area contributed by atoms with Crippen molar-refractivity contribution in [1.82, 2.24) is 10.6 Å². The molecule has 1 aromatic carbocycles. The third-order valence-electron chi connectivity index (χ3n) is 6.84. The van der Waals surface area contributed by atoms with Gasteiger partial charge in [-0.25, -0.2) is 0 Å². The number of allylic oxidation sites excluding steroid dienone is 1. The standard InChI is InChI=1S/C26H38N2O4/c1-5-6-7-8-17-14-21(29)25-19-13-18(16-28-24(31)12-11-23(30)27-4)9-10-20(19)26(2,3)32-22(25)15-17/h13-15,19-20,29H,5-12,16H2,1-4H3,(H,27,30)(H,28,31). The van der Waals surface area contributed by atoms with Crippen molar-refractivity contribution < 1.29 is 19.4 Å². The molecule has 2 aliphatic rings. The number of fused-ring (bicyclic) bond motifs is 3. The molecule has 3 rings (SSSR count). The van der Waals surface area contributed by atoms with Crippen LogP contribution in [0.25, 0.3) is 0 Å². The number of benzene rings is 1. The van der Waals surface area contributed by atoms with Crippen LogP contribution in [0.3, 0.4) is 0 Å². The van der Waals surface area contributed by atoms with Crippen LogP contribution in [0.4, 0.5) is 0 Å². The van der Waals surface area contributed by atoms with Crippen LogP contribution in [-0.4, -0.2) is 36.1 Å². The van der Waals surface area contributed by atoms with Crippen molar-refractivity contribution in [2.75, 3.05) is 13.6 Å². The van der Waals surface area contributed by atoms with Gasteiger partial charge in [0, 0.05) is 43.8 Å². The highest BCUT2D eigenvalue weighted by Crippen LogP contribution is 2.53. The molecule has 1 aromatic rings. The molecule has 0 radical (unpaired) electrons. The van der Waals surface area contributed by atoms with Crippen LogP contribution in [0, 0.1) is 5.92 Å². The highest BCUT2D eigenvalue weighted by atomic mass is 16.5. The molecule has 2 amide bonds. The molecule has 0 saturated heterocycles. The molecule has 0 spiro atoms. The van der Waals surface area contributed by atoms with Crippen molar-refractivity contribution in [3.8, 4) is 11.5 Å². The van der Waals surface area contributed by atoms with Gasteiger partial charge in [0.05, 0.1) is 0 Å². The molecule has 2 unspecified atom stereocenters. The van der Waals surface area contributed by atoms with Gasteiger partial charge in [-0.2, -0.15) is 0 Å². The first-order chi connectivity index (χ1) is 15.2. The van der Waals surface area contributed by atoms with Gasteiger partial charge in [0.15, 0.2) is 0 Å². The number of aromatic hydroxyl groups is 1. The number of carbonyl (C=O) groups is 2. The molecule has 1 heterocycles. The third kappa shape index (κ3) is 5.64. The molecule has 6 heteroatoms. The molecule has 0 aromatic heterocycles. The first-order valence-corrected chi connectivity index (χ1v) is 12.0. The van der Waals surface area contributed by atoms with E-state index in [-0.39, 0.29) is 42.1 Å². The molecule has 0 fully saturated rings. The van der Waals surface area contributed by atoms with Gasteiger partial charge in [0.25, 0.3) is 0 Å². The molecular weight excluding hydrogens is 404 g/mol. The van der Waals surface area contributed by atoms with E-state index >= 15 is 0 Å². The van der Waals surface area contributed by atoms with Crippen molar-refractivity contribution >= 4 is 11.8 Å². The monoisotopic (exact) mass is 442 g/mol. The van der Waals surface area contributed by atoms with Crippen LogP contribution < -0.4 is 15.4 Å². The van der Waals surface area contributed by atoms with Crippen molar-refractivity contribution in [2.45, 2.75) is 83.7 Å². The van der Waals surface area contributed by atoms with Crippen molar-refractivity contribution in [3.05, 3.63) is 34.9 Å². The molecule has 176 valence electrons. The zero-order valence-corrected chi connectivity index (χ0v) is 19.9. The van der Waals surface area contributed by atoms with Gasteiger partial charge in [-0.05, 0) is 57.2 Å². The summed E-state index contributed by atoms with van der Waals surface area (Å²) in [6.07, 6.45) is 8.81. The maximum Gasteiger partial charge on any atom is 0.220 e. The second-order valence-electron chi connectivity index (χ2n) is 9.64. The summed E-state index contributed by atoms with van der Waals surface area (Å²) in [5.74, 6) is 1.17. The SMILES string of the molecule is CCCCCc1cc(O)c2c(c1)OC(C)(C)C1CCC(CNC(=O)CCC(=O)NC)=CC21. The summed E-state index contributed by atoms with van der Waals surface area (Å²) >= 11 is 0. The summed E-state index contributed by atoms with van der Waals surface area (Å²) < 4.78 is 6.42. The van der Waals surface area contributed by atoms with Crippen LogP contribution in [0.15, 0.2) is 23.8 Å². The van der Waals surface area contributed by atoms with Crippen molar-refractivity contribution in [2.24, 2.45) is 5.92 Å². The van der Waals surface area contributed by atoms with E-state index in [1.165, 1.54) is 12.8 Å². The van der Waals surface area contributed by atoms with Crippen LogP contribution in [0.1, 0.15) is 82.8 Å². The minimum absolute atomic E-state index is 0.0602. The van der Waals surface area contributed by atoms with Gasteiger partial charge in [-0.15, -0.1) is 0 Å². The van der Waals surface area contributed by atoms with Crippen LogP contribution in [0.5, 0.6) is 11.5 Å². The highest BCUT2D eigenvalue weighted by Gasteiger charge is 2.45. The molecule has 0 bridgehead atoms. The number of amides is 2. The quantitative estimate of drug-likeness (QED) is 0.392. The fourth-order valence-corrected chi connectivity index (χ4v) is 5.01. The summed E-state index contributed by atoms with van der Waals surface area (Å²) in [7, 11) is 1.57. The maximum atomic E-state index is 12.1. The van der Waals surface area contributed by atoms with E-state index in [4.69, 9.17) is 4.74 Å². The van der Waals surface area contributed by atoms with Crippen molar-refractivity contribution in [3.63, 3.8) is 0 Å². The van der Waals surface area contributed by atoms with Crippen LogP contribution in [0.2, 0.25) is 0 Å². The Morgan fingerprint density at radius 2 is 1.94 bits per heavy atom. The molecule has 6 nitrogen and oxygen atoms in total. The molecular formula is C26H38N2O4. The molecule has 32 heavy (non-hydrogen) atoms. The lowest BCUT2D eigenvalue weighted by Gasteiger charge is -2.46. The number of phenols is 1. The Balaban J connectivity index is 1.76. The summed E-state index contributed by atoms with van der Waals surface area (Å²) in [5.41, 5.74) is 2.82. The predicted octanol–water partition coefficient (Wildman–Crippen LogP) is 4.36. The predicted molar refractivity (Wildman–Crippen MR) is 126 cm³/mol. The number of nitrogens with one attached hydrogen (secondary N) is 2. The lowest BCUT2D eigenvalue weighted by atomic mass is 9.67. The first-order valence-electron chi connectivity index (χ1n) is 12.0. The number of rotatable bonds is 9. The average Bonchev–Trinajstić information content (AvgIpc) is 2.75. The lowest BCUT2D eigenvalue weighted by molar-refractivity contribution is -0.126. The summed E-state index contributed by atoms with van der Waals surface area (Å²) in [6, 6.07) is 4.00. The molecule has 1 aliphatic heterocycles. The average molecular weight is 443 g/mol. The summed E-state index contributed by atoms with van der Waals surface area (Å²) in [4.78, 5) is 23.5. The minimum atomic E-state index is -0.328. The van der Waals surface area contributed by atoms with Gasteiger partial charge in [0.1, 0.15) is 17.1 Å². The van der Waals surface area contributed by atoms with Gasteiger partial charge in [-0.1, -0.05) is 31.4 Å². The number of hydrogen-bond donors (Lipinski definition) is 3. The van der Waals surface area contributed by atoms with Crippen LogP contribution >= 0.6 is 0 Å². The Labute approximate surface area is 191 Å². The largest absolute Gasteiger partial charge is 0.507 e. The van der Waals surface area contributed by atoms with Gasteiger partial charge >= 0.3 is 0 Å². The number of aryl methyl sites for hydroxylation is 1. The lowest BCUT2D eigenvalue weighted by Crippen LogP contribution is -2.45.